The Kier molecular flexibility index (Phi) is 3.52. The maximum absolute atomic E-state index is 12.9. The van der Waals surface area contributed by atoms with Crippen molar-refractivity contribution >= 4 is 11.9 Å². The summed E-state index contributed by atoms with van der Waals surface area (Å²) >= 11 is 0. The van der Waals surface area contributed by atoms with E-state index in [0.29, 0.717) is 0 Å². The predicted octanol–water partition coefficient (Wildman–Crippen LogP) is 0.146. The Labute approximate surface area is 102 Å². The van der Waals surface area contributed by atoms with Crippen molar-refractivity contribution in [2.75, 3.05) is 19.7 Å². The topological polar surface area (TPSA) is 79.7 Å². The van der Waals surface area contributed by atoms with Crippen LogP contribution in [-0.2, 0) is 9.53 Å². The van der Waals surface area contributed by atoms with Crippen molar-refractivity contribution < 1.29 is 23.8 Å². The average molecular weight is 254 g/mol. The molecule has 0 saturated carbocycles. The molecule has 1 N–H and O–H groups in total. The van der Waals surface area contributed by atoms with E-state index >= 15 is 0 Å². The normalized spacial score (nSPS) is 19.6. The summed E-state index contributed by atoms with van der Waals surface area (Å²) in [6.07, 6.45) is 1.21. The van der Waals surface area contributed by atoms with Crippen LogP contribution in [0.15, 0.2) is 18.5 Å². The molecule has 0 radical (unpaired) electrons. The lowest BCUT2D eigenvalue weighted by atomic mass is 10.2. The van der Waals surface area contributed by atoms with E-state index in [0.717, 1.165) is 12.3 Å². The molecule has 1 aliphatic heterocycles. The first-order valence-corrected chi connectivity index (χ1v) is 5.32. The Hall–Kier alpha value is -2.02. The first-order valence-electron chi connectivity index (χ1n) is 5.32. The summed E-state index contributed by atoms with van der Waals surface area (Å²) in [5.41, 5.74) is 0.0982. The number of aromatic nitrogens is 1. The van der Waals surface area contributed by atoms with E-state index in [2.05, 4.69) is 4.98 Å². The highest BCUT2D eigenvalue weighted by Gasteiger charge is 2.29. The Morgan fingerprint density at radius 1 is 1.50 bits per heavy atom. The summed E-state index contributed by atoms with van der Waals surface area (Å²) in [5, 5.41) is 8.82. The van der Waals surface area contributed by atoms with Crippen LogP contribution in [0.3, 0.4) is 0 Å². The second kappa shape index (κ2) is 5.09. The van der Waals surface area contributed by atoms with Crippen molar-refractivity contribution in [3.05, 3.63) is 29.8 Å². The van der Waals surface area contributed by atoms with Crippen LogP contribution < -0.4 is 0 Å². The summed E-state index contributed by atoms with van der Waals surface area (Å²) in [7, 11) is 0. The van der Waals surface area contributed by atoms with Gasteiger partial charge in [0.2, 0.25) is 0 Å². The molecule has 1 atom stereocenters. The fourth-order valence-corrected chi connectivity index (χ4v) is 1.69. The smallest absolute Gasteiger partial charge is 0.334 e. The van der Waals surface area contributed by atoms with E-state index in [1.54, 1.807) is 0 Å². The number of carbonyl (C=O) groups excluding carboxylic acids is 1. The Morgan fingerprint density at radius 3 is 2.94 bits per heavy atom. The molecule has 1 aromatic rings. The van der Waals surface area contributed by atoms with Crippen LogP contribution >= 0.6 is 0 Å². The molecular weight excluding hydrogens is 243 g/mol. The van der Waals surface area contributed by atoms with Gasteiger partial charge in [0.1, 0.15) is 5.82 Å². The van der Waals surface area contributed by atoms with E-state index in [1.807, 2.05) is 0 Å². The van der Waals surface area contributed by atoms with Gasteiger partial charge in [0.25, 0.3) is 5.91 Å². The number of hydrogen-bond acceptors (Lipinski definition) is 4. The number of morpholine rings is 1. The molecule has 0 aliphatic carbocycles. The van der Waals surface area contributed by atoms with Gasteiger partial charge in [-0.15, -0.1) is 0 Å². The summed E-state index contributed by atoms with van der Waals surface area (Å²) in [6, 6.07) is 1.07. The molecule has 1 saturated heterocycles. The molecule has 96 valence electrons. The number of hydrogen-bond donors (Lipinski definition) is 1. The number of ether oxygens (including phenoxy) is 1. The van der Waals surface area contributed by atoms with Gasteiger partial charge in [-0.2, -0.15) is 0 Å². The number of nitrogens with zero attached hydrogens (tertiary/aromatic N) is 2. The first kappa shape index (κ1) is 12.4. The molecule has 1 amide bonds. The highest BCUT2D eigenvalue weighted by atomic mass is 19.1. The fraction of sp³-hybridized carbons (Fsp3) is 0.364. The highest BCUT2D eigenvalue weighted by molar-refractivity contribution is 5.94. The van der Waals surface area contributed by atoms with Crippen molar-refractivity contribution in [3.63, 3.8) is 0 Å². The number of carboxylic acids is 1. The summed E-state index contributed by atoms with van der Waals surface area (Å²) in [4.78, 5) is 27.7. The zero-order valence-electron chi connectivity index (χ0n) is 9.38. The number of amides is 1. The van der Waals surface area contributed by atoms with Crippen molar-refractivity contribution in [1.82, 2.24) is 9.88 Å². The fourth-order valence-electron chi connectivity index (χ4n) is 1.69. The number of halogens is 1. The average Bonchev–Trinajstić information content (AvgIpc) is 2.38. The minimum absolute atomic E-state index is 0.0509. The van der Waals surface area contributed by atoms with E-state index < -0.39 is 23.8 Å². The minimum Gasteiger partial charge on any atom is -0.479 e. The van der Waals surface area contributed by atoms with Crippen LogP contribution in [0.4, 0.5) is 4.39 Å². The monoisotopic (exact) mass is 254 g/mol. The molecule has 7 heteroatoms. The van der Waals surface area contributed by atoms with E-state index in [1.165, 1.54) is 11.1 Å². The number of carboxylic acid groups (broad SMARTS) is 1. The van der Waals surface area contributed by atoms with Gasteiger partial charge in [-0.3, -0.25) is 9.78 Å². The van der Waals surface area contributed by atoms with Gasteiger partial charge in [0, 0.05) is 12.7 Å². The highest BCUT2D eigenvalue weighted by Crippen LogP contribution is 2.11. The van der Waals surface area contributed by atoms with Crippen molar-refractivity contribution in [3.8, 4) is 0 Å². The second-order valence-electron chi connectivity index (χ2n) is 3.84. The molecule has 2 heterocycles. The first-order chi connectivity index (χ1) is 8.58. The molecular formula is C11H11FN2O4. The van der Waals surface area contributed by atoms with Crippen LogP contribution in [0.5, 0.6) is 0 Å². The summed E-state index contributed by atoms with van der Waals surface area (Å²) in [6.45, 7) is 0.370. The van der Waals surface area contributed by atoms with Gasteiger partial charge in [-0.25, -0.2) is 9.18 Å². The van der Waals surface area contributed by atoms with Gasteiger partial charge >= 0.3 is 5.97 Å². The third-order valence-electron chi connectivity index (χ3n) is 2.58. The number of carbonyl (C=O) groups is 2. The van der Waals surface area contributed by atoms with Gasteiger partial charge in [-0.05, 0) is 6.07 Å². The largest absolute Gasteiger partial charge is 0.479 e. The van der Waals surface area contributed by atoms with E-state index in [4.69, 9.17) is 9.84 Å². The molecule has 1 aliphatic rings. The van der Waals surface area contributed by atoms with Crippen molar-refractivity contribution in [2.24, 2.45) is 0 Å². The van der Waals surface area contributed by atoms with E-state index in [9.17, 15) is 14.0 Å². The van der Waals surface area contributed by atoms with Crippen molar-refractivity contribution in [1.29, 1.82) is 0 Å². The third kappa shape index (κ3) is 2.62. The summed E-state index contributed by atoms with van der Waals surface area (Å²) in [5.74, 6) is -2.18. The lowest BCUT2D eigenvalue weighted by Gasteiger charge is -2.30. The Bertz CT molecular complexity index is 480. The van der Waals surface area contributed by atoms with Crippen LogP contribution in [0.1, 0.15) is 10.4 Å². The number of pyridine rings is 1. The lowest BCUT2D eigenvalue weighted by molar-refractivity contribution is -0.154. The molecule has 2 rings (SSSR count). The molecule has 0 bridgehead atoms. The van der Waals surface area contributed by atoms with Gasteiger partial charge in [-0.1, -0.05) is 0 Å². The zero-order chi connectivity index (χ0) is 13.1. The lowest BCUT2D eigenvalue weighted by Crippen LogP contribution is -2.48. The maximum atomic E-state index is 12.9. The van der Waals surface area contributed by atoms with Crippen LogP contribution in [-0.4, -0.2) is 52.7 Å². The summed E-state index contributed by atoms with van der Waals surface area (Å²) < 4.78 is 17.9. The van der Waals surface area contributed by atoms with Gasteiger partial charge in [0.05, 0.1) is 24.9 Å². The van der Waals surface area contributed by atoms with Crippen molar-refractivity contribution in [2.45, 2.75) is 6.10 Å². The molecule has 6 nitrogen and oxygen atoms in total. The Morgan fingerprint density at radius 2 is 2.28 bits per heavy atom. The molecule has 1 fully saturated rings. The maximum Gasteiger partial charge on any atom is 0.334 e. The van der Waals surface area contributed by atoms with Crippen LogP contribution in [0.25, 0.3) is 0 Å². The Balaban J connectivity index is 2.11. The zero-order valence-corrected chi connectivity index (χ0v) is 9.38. The van der Waals surface area contributed by atoms with Crippen LogP contribution in [0, 0.1) is 5.82 Å². The molecule has 0 aromatic carbocycles. The van der Waals surface area contributed by atoms with E-state index in [-0.39, 0.29) is 25.3 Å². The molecule has 18 heavy (non-hydrogen) atoms. The second-order valence-corrected chi connectivity index (χ2v) is 3.84. The quantitative estimate of drug-likeness (QED) is 0.812. The molecule has 0 spiro atoms. The van der Waals surface area contributed by atoms with Gasteiger partial charge in [0.15, 0.2) is 6.10 Å². The standard InChI is InChI=1S/C11H11FN2O4/c12-8-3-7(4-13-5-8)10(15)14-1-2-18-9(6-14)11(16)17/h3-5,9H,1-2,6H2,(H,16,17). The third-order valence-corrected chi connectivity index (χ3v) is 2.58. The van der Waals surface area contributed by atoms with Gasteiger partial charge < -0.3 is 14.7 Å². The SMILES string of the molecule is O=C(O)C1CN(C(=O)c2cncc(F)c2)CCO1. The molecule has 1 aromatic heterocycles. The number of rotatable bonds is 2. The predicted molar refractivity (Wildman–Crippen MR) is 57.5 cm³/mol. The number of aliphatic carboxylic acids is 1. The minimum atomic E-state index is -1.12. The molecule has 1 unspecified atom stereocenters. The van der Waals surface area contributed by atoms with Crippen LogP contribution in [0.2, 0.25) is 0 Å².